The Morgan fingerprint density at radius 3 is 2.81 bits per heavy atom. The first-order valence-corrected chi connectivity index (χ1v) is 7.46. The number of hydrogen-bond acceptors (Lipinski definition) is 5. The lowest BCUT2D eigenvalue weighted by atomic mass is 10.3. The van der Waals surface area contributed by atoms with Crippen molar-refractivity contribution in [3.05, 3.63) is 11.1 Å². The molecule has 0 aromatic carbocycles. The van der Waals surface area contributed by atoms with Gasteiger partial charge in [-0.1, -0.05) is 0 Å². The van der Waals surface area contributed by atoms with Crippen LogP contribution >= 0.6 is 11.3 Å². The van der Waals surface area contributed by atoms with Gasteiger partial charge in [-0.15, -0.1) is 11.3 Å². The zero-order chi connectivity index (χ0) is 15.2. The molecule has 2 amide bonds. The van der Waals surface area contributed by atoms with E-state index in [-0.39, 0.29) is 12.6 Å². The van der Waals surface area contributed by atoms with Crippen LogP contribution in [0.15, 0.2) is 5.38 Å². The highest BCUT2D eigenvalue weighted by Crippen LogP contribution is 2.17. The summed E-state index contributed by atoms with van der Waals surface area (Å²) < 4.78 is 29.5. The van der Waals surface area contributed by atoms with Crippen LogP contribution in [0.3, 0.4) is 0 Å². The molecule has 1 aliphatic heterocycles. The van der Waals surface area contributed by atoms with Gasteiger partial charge in [-0.3, -0.25) is 10.2 Å². The standard InChI is InChI=1S/C12H18F2N4O2S/c1-20-7-9-8-21-11(15-9)16-12(19)18-4-2-17(3-5-18)6-10(13)14/h8,10H,2-7H2,1H3,(H,15,16,19). The summed E-state index contributed by atoms with van der Waals surface area (Å²) in [5.41, 5.74) is 0.763. The third kappa shape index (κ3) is 4.87. The van der Waals surface area contributed by atoms with Gasteiger partial charge < -0.3 is 9.64 Å². The van der Waals surface area contributed by atoms with Gasteiger partial charge >= 0.3 is 6.03 Å². The smallest absolute Gasteiger partial charge is 0.323 e. The Hall–Kier alpha value is -1.32. The Balaban J connectivity index is 1.79. The maximum Gasteiger partial charge on any atom is 0.323 e. The molecule has 9 heteroatoms. The number of carbonyl (C=O) groups excluding carboxylic acids is 1. The maximum atomic E-state index is 12.3. The van der Waals surface area contributed by atoms with Crippen LogP contribution in [-0.2, 0) is 11.3 Å². The largest absolute Gasteiger partial charge is 0.378 e. The van der Waals surface area contributed by atoms with Gasteiger partial charge in [-0.25, -0.2) is 18.6 Å². The molecule has 1 aromatic rings. The van der Waals surface area contributed by atoms with Gasteiger partial charge in [0.1, 0.15) is 0 Å². The van der Waals surface area contributed by atoms with E-state index in [4.69, 9.17) is 4.74 Å². The van der Waals surface area contributed by atoms with E-state index in [9.17, 15) is 13.6 Å². The Morgan fingerprint density at radius 2 is 2.19 bits per heavy atom. The first-order valence-electron chi connectivity index (χ1n) is 6.58. The number of piperazine rings is 1. The second-order valence-corrected chi connectivity index (χ2v) is 5.54. The van der Waals surface area contributed by atoms with Crippen molar-refractivity contribution in [1.29, 1.82) is 0 Å². The number of hydrogen-bond donors (Lipinski definition) is 1. The number of nitrogens with zero attached hydrogens (tertiary/aromatic N) is 3. The number of alkyl halides is 2. The molecule has 1 N–H and O–H groups in total. The second-order valence-electron chi connectivity index (χ2n) is 4.69. The molecule has 1 saturated heterocycles. The molecule has 2 heterocycles. The molecule has 2 rings (SSSR count). The molecule has 0 spiro atoms. The van der Waals surface area contributed by atoms with Gasteiger partial charge in [-0.2, -0.15) is 0 Å². The van der Waals surface area contributed by atoms with Gasteiger partial charge in [0.2, 0.25) is 0 Å². The molecule has 118 valence electrons. The van der Waals surface area contributed by atoms with E-state index in [0.717, 1.165) is 5.69 Å². The summed E-state index contributed by atoms with van der Waals surface area (Å²) in [6.07, 6.45) is -2.33. The average Bonchev–Trinajstić information content (AvgIpc) is 2.86. The van der Waals surface area contributed by atoms with Gasteiger partial charge in [0, 0.05) is 38.7 Å². The molecular formula is C12H18F2N4O2S. The number of ether oxygens (including phenoxy) is 1. The number of carbonyl (C=O) groups is 1. The van der Waals surface area contributed by atoms with E-state index in [2.05, 4.69) is 10.3 Å². The molecule has 0 atom stereocenters. The van der Waals surface area contributed by atoms with Crippen LogP contribution in [-0.4, -0.2) is 67.1 Å². The number of amides is 2. The number of nitrogens with one attached hydrogen (secondary N) is 1. The Labute approximate surface area is 125 Å². The maximum absolute atomic E-state index is 12.3. The van der Waals surface area contributed by atoms with Gasteiger partial charge in [0.15, 0.2) is 5.13 Å². The van der Waals surface area contributed by atoms with Crippen molar-refractivity contribution in [1.82, 2.24) is 14.8 Å². The second kappa shape index (κ2) is 7.62. The van der Waals surface area contributed by atoms with Crippen molar-refractivity contribution in [2.24, 2.45) is 0 Å². The van der Waals surface area contributed by atoms with Gasteiger partial charge in [0.25, 0.3) is 6.43 Å². The fraction of sp³-hybridized carbons (Fsp3) is 0.667. The lowest BCUT2D eigenvalue weighted by Crippen LogP contribution is -2.50. The lowest BCUT2D eigenvalue weighted by molar-refractivity contribution is 0.0651. The topological polar surface area (TPSA) is 57.7 Å². The third-order valence-electron chi connectivity index (χ3n) is 3.11. The minimum Gasteiger partial charge on any atom is -0.378 e. The summed E-state index contributed by atoms with van der Waals surface area (Å²) in [4.78, 5) is 19.5. The van der Waals surface area contributed by atoms with Crippen molar-refractivity contribution >= 4 is 22.5 Å². The number of halogens is 2. The SMILES string of the molecule is COCc1csc(NC(=O)N2CCN(CC(F)F)CC2)n1. The van der Waals surface area contributed by atoms with Gasteiger partial charge in [-0.05, 0) is 0 Å². The third-order valence-corrected chi connectivity index (χ3v) is 3.92. The zero-order valence-electron chi connectivity index (χ0n) is 11.7. The monoisotopic (exact) mass is 320 g/mol. The number of methoxy groups -OCH3 is 1. The molecule has 1 aliphatic rings. The first-order chi connectivity index (χ1) is 10.1. The van der Waals surface area contributed by atoms with Crippen LogP contribution < -0.4 is 5.32 Å². The molecule has 1 fully saturated rings. The number of anilines is 1. The highest BCUT2D eigenvalue weighted by Gasteiger charge is 2.23. The molecule has 0 aliphatic carbocycles. The Morgan fingerprint density at radius 1 is 1.48 bits per heavy atom. The number of rotatable bonds is 5. The van der Waals surface area contributed by atoms with Crippen LogP contribution in [0.1, 0.15) is 5.69 Å². The van der Waals surface area contributed by atoms with E-state index in [0.29, 0.717) is 37.9 Å². The highest BCUT2D eigenvalue weighted by atomic mass is 32.1. The summed E-state index contributed by atoms with van der Waals surface area (Å²) in [5.74, 6) is 0. The summed E-state index contributed by atoms with van der Waals surface area (Å²) in [6, 6.07) is -0.245. The zero-order valence-corrected chi connectivity index (χ0v) is 12.5. The van der Waals surface area contributed by atoms with Crippen molar-refractivity contribution < 1.29 is 18.3 Å². The molecule has 1 aromatic heterocycles. The Bertz CT molecular complexity index is 464. The van der Waals surface area contributed by atoms with Crippen LogP contribution in [0.4, 0.5) is 18.7 Å². The first kappa shape index (κ1) is 16.1. The minimum absolute atomic E-state index is 0.234. The van der Waals surface area contributed by atoms with Crippen LogP contribution in [0.25, 0.3) is 0 Å². The van der Waals surface area contributed by atoms with Crippen molar-refractivity contribution in [2.75, 3.05) is 45.2 Å². The lowest BCUT2D eigenvalue weighted by Gasteiger charge is -2.34. The predicted octanol–water partition coefficient (Wildman–Crippen LogP) is 1.70. The molecule has 0 unspecified atom stereocenters. The van der Waals surface area contributed by atoms with Crippen LogP contribution in [0.2, 0.25) is 0 Å². The highest BCUT2D eigenvalue weighted by molar-refractivity contribution is 7.13. The van der Waals surface area contributed by atoms with E-state index in [1.807, 2.05) is 5.38 Å². The van der Waals surface area contributed by atoms with E-state index < -0.39 is 6.43 Å². The quantitative estimate of drug-likeness (QED) is 0.897. The molecule has 21 heavy (non-hydrogen) atoms. The summed E-state index contributed by atoms with van der Waals surface area (Å²) in [6.45, 7) is 1.97. The molecule has 0 bridgehead atoms. The summed E-state index contributed by atoms with van der Waals surface area (Å²) >= 11 is 1.33. The van der Waals surface area contributed by atoms with Crippen molar-refractivity contribution in [2.45, 2.75) is 13.0 Å². The number of thiazole rings is 1. The number of aromatic nitrogens is 1. The van der Waals surface area contributed by atoms with E-state index in [1.54, 1.807) is 16.9 Å². The molecule has 6 nitrogen and oxygen atoms in total. The Kier molecular flexibility index (Phi) is 5.83. The van der Waals surface area contributed by atoms with Crippen LogP contribution in [0.5, 0.6) is 0 Å². The molecule has 0 radical (unpaired) electrons. The fourth-order valence-electron chi connectivity index (χ4n) is 2.08. The number of urea groups is 1. The fourth-order valence-corrected chi connectivity index (χ4v) is 2.76. The van der Waals surface area contributed by atoms with Crippen molar-refractivity contribution in [3.63, 3.8) is 0 Å². The minimum atomic E-state index is -2.33. The van der Waals surface area contributed by atoms with E-state index >= 15 is 0 Å². The summed E-state index contributed by atoms with van der Waals surface area (Å²) in [5, 5.41) is 5.05. The summed E-state index contributed by atoms with van der Waals surface area (Å²) in [7, 11) is 1.58. The van der Waals surface area contributed by atoms with Crippen molar-refractivity contribution in [3.8, 4) is 0 Å². The predicted molar refractivity (Wildman–Crippen MR) is 75.9 cm³/mol. The average molecular weight is 320 g/mol. The normalized spacial score (nSPS) is 16.5. The molecular weight excluding hydrogens is 302 g/mol. The van der Waals surface area contributed by atoms with Crippen LogP contribution in [0, 0.1) is 0 Å². The van der Waals surface area contributed by atoms with E-state index in [1.165, 1.54) is 11.3 Å². The van der Waals surface area contributed by atoms with Gasteiger partial charge in [0.05, 0.1) is 18.8 Å². The molecule has 0 saturated carbocycles.